The molecule has 1 aromatic carbocycles. The average Bonchev–Trinajstić information content (AvgIpc) is 2.82. The Morgan fingerprint density at radius 1 is 1.22 bits per heavy atom. The van der Waals surface area contributed by atoms with Crippen LogP contribution in [0.1, 0.15) is 44.1 Å². The van der Waals surface area contributed by atoms with Crippen molar-refractivity contribution in [3.8, 4) is 5.75 Å². The second kappa shape index (κ2) is 4.93. The van der Waals surface area contributed by atoms with Crippen LogP contribution in [0.5, 0.6) is 5.75 Å². The molecule has 1 aliphatic rings. The molecule has 0 aliphatic heterocycles. The highest BCUT2D eigenvalue weighted by Gasteiger charge is 2.25. The zero-order valence-electron chi connectivity index (χ0n) is 11.1. The molecule has 2 atom stereocenters. The maximum Gasteiger partial charge on any atom is 0.120 e. The third kappa shape index (κ3) is 2.03. The molecule has 0 radical (unpaired) electrons. The van der Waals surface area contributed by atoms with Crippen molar-refractivity contribution in [3.05, 3.63) is 29.1 Å². The van der Waals surface area contributed by atoms with E-state index in [2.05, 4.69) is 30.5 Å². The largest absolute Gasteiger partial charge is 0.497 e. The van der Waals surface area contributed by atoms with Crippen molar-refractivity contribution >= 4 is 21.4 Å². The van der Waals surface area contributed by atoms with E-state index < -0.39 is 0 Å². The minimum Gasteiger partial charge on any atom is -0.497 e. The summed E-state index contributed by atoms with van der Waals surface area (Å²) >= 11 is 1.86. The minimum atomic E-state index is 0.765. The van der Waals surface area contributed by atoms with Gasteiger partial charge < -0.3 is 4.74 Å². The fourth-order valence-corrected chi connectivity index (χ4v) is 4.27. The van der Waals surface area contributed by atoms with Gasteiger partial charge in [-0.15, -0.1) is 11.3 Å². The quantitative estimate of drug-likeness (QED) is 0.720. The van der Waals surface area contributed by atoms with Crippen LogP contribution in [-0.4, -0.2) is 7.11 Å². The lowest BCUT2D eigenvalue weighted by molar-refractivity contribution is 0.332. The van der Waals surface area contributed by atoms with E-state index >= 15 is 0 Å². The van der Waals surface area contributed by atoms with E-state index in [-0.39, 0.29) is 0 Å². The van der Waals surface area contributed by atoms with E-state index in [1.54, 1.807) is 12.7 Å². The van der Waals surface area contributed by atoms with Gasteiger partial charge in [0, 0.05) is 4.70 Å². The summed E-state index contributed by atoms with van der Waals surface area (Å²) in [4.78, 5) is 0. The van der Waals surface area contributed by atoms with Gasteiger partial charge >= 0.3 is 0 Å². The highest BCUT2D eigenvalue weighted by Crippen LogP contribution is 2.42. The molecular weight excluding hydrogens is 240 g/mol. The maximum absolute atomic E-state index is 5.30. The van der Waals surface area contributed by atoms with E-state index in [0.29, 0.717) is 0 Å². The van der Waals surface area contributed by atoms with Crippen LogP contribution in [0.2, 0.25) is 0 Å². The Morgan fingerprint density at radius 3 is 2.83 bits per heavy atom. The standard InChI is InChI=1S/C16H20OS/c1-11-5-3-4-6-13(11)15-10-18-16-9-12(17-2)7-8-14(15)16/h7-11,13H,3-6H2,1-2H3. The first-order chi connectivity index (χ1) is 8.79. The molecule has 0 N–H and O–H groups in total. The van der Waals surface area contributed by atoms with E-state index in [1.165, 1.54) is 35.8 Å². The summed E-state index contributed by atoms with van der Waals surface area (Å²) in [5, 5.41) is 3.82. The molecule has 0 amide bonds. The van der Waals surface area contributed by atoms with Gasteiger partial charge in [-0.1, -0.05) is 26.2 Å². The summed E-state index contributed by atoms with van der Waals surface area (Å²) in [7, 11) is 1.74. The lowest BCUT2D eigenvalue weighted by atomic mass is 9.76. The Hall–Kier alpha value is -1.02. The van der Waals surface area contributed by atoms with Crippen molar-refractivity contribution < 1.29 is 4.74 Å². The fraction of sp³-hybridized carbons (Fsp3) is 0.500. The summed E-state index contributed by atoms with van der Waals surface area (Å²) in [5.74, 6) is 2.56. The molecule has 2 heteroatoms. The van der Waals surface area contributed by atoms with Gasteiger partial charge in [0.1, 0.15) is 5.75 Å². The molecule has 3 rings (SSSR count). The molecule has 1 aliphatic carbocycles. The number of methoxy groups -OCH3 is 1. The summed E-state index contributed by atoms with van der Waals surface area (Å²) in [5.41, 5.74) is 1.57. The average molecular weight is 260 g/mol. The van der Waals surface area contributed by atoms with Crippen LogP contribution in [-0.2, 0) is 0 Å². The predicted molar refractivity (Wildman–Crippen MR) is 78.8 cm³/mol. The van der Waals surface area contributed by atoms with Gasteiger partial charge in [0.2, 0.25) is 0 Å². The Morgan fingerprint density at radius 2 is 2.06 bits per heavy atom. The van der Waals surface area contributed by atoms with Crippen LogP contribution in [0, 0.1) is 5.92 Å². The minimum absolute atomic E-state index is 0.765. The number of fused-ring (bicyclic) bond motifs is 1. The zero-order valence-corrected chi connectivity index (χ0v) is 11.9. The zero-order chi connectivity index (χ0) is 12.5. The van der Waals surface area contributed by atoms with Crippen molar-refractivity contribution in [2.24, 2.45) is 5.92 Å². The van der Waals surface area contributed by atoms with Crippen LogP contribution < -0.4 is 4.74 Å². The Kier molecular flexibility index (Phi) is 3.29. The van der Waals surface area contributed by atoms with Gasteiger partial charge in [-0.25, -0.2) is 0 Å². The van der Waals surface area contributed by atoms with E-state index in [0.717, 1.165) is 17.6 Å². The van der Waals surface area contributed by atoms with Gasteiger partial charge in [0.15, 0.2) is 0 Å². The van der Waals surface area contributed by atoms with Gasteiger partial charge in [0.05, 0.1) is 7.11 Å². The van der Waals surface area contributed by atoms with Crippen molar-refractivity contribution in [3.63, 3.8) is 0 Å². The topological polar surface area (TPSA) is 9.23 Å². The lowest BCUT2D eigenvalue weighted by Gasteiger charge is -2.28. The Balaban J connectivity index is 2.01. The van der Waals surface area contributed by atoms with Crippen molar-refractivity contribution in [2.45, 2.75) is 38.5 Å². The van der Waals surface area contributed by atoms with Crippen LogP contribution in [0.15, 0.2) is 23.6 Å². The van der Waals surface area contributed by atoms with Crippen LogP contribution in [0.4, 0.5) is 0 Å². The number of ether oxygens (including phenoxy) is 1. The van der Waals surface area contributed by atoms with E-state index in [1.807, 2.05) is 11.3 Å². The van der Waals surface area contributed by atoms with Crippen LogP contribution in [0.25, 0.3) is 10.1 Å². The smallest absolute Gasteiger partial charge is 0.120 e. The second-order valence-electron chi connectivity index (χ2n) is 5.42. The predicted octanol–water partition coefficient (Wildman–Crippen LogP) is 5.20. The summed E-state index contributed by atoms with van der Waals surface area (Å²) < 4.78 is 6.67. The maximum atomic E-state index is 5.30. The molecule has 1 saturated carbocycles. The van der Waals surface area contributed by atoms with E-state index in [9.17, 15) is 0 Å². The van der Waals surface area contributed by atoms with Gasteiger partial charge in [0.25, 0.3) is 0 Å². The first kappa shape index (κ1) is 12.0. The monoisotopic (exact) mass is 260 g/mol. The first-order valence-electron chi connectivity index (χ1n) is 6.84. The fourth-order valence-electron chi connectivity index (χ4n) is 3.22. The SMILES string of the molecule is COc1ccc2c(C3CCCCC3C)csc2c1. The van der Waals surface area contributed by atoms with Crippen molar-refractivity contribution in [1.29, 1.82) is 0 Å². The summed E-state index contributed by atoms with van der Waals surface area (Å²) in [6, 6.07) is 6.49. The number of rotatable bonds is 2. The molecule has 1 nitrogen and oxygen atoms in total. The van der Waals surface area contributed by atoms with Gasteiger partial charge in [-0.3, -0.25) is 0 Å². The molecule has 1 aromatic heterocycles. The number of hydrogen-bond acceptors (Lipinski definition) is 2. The molecule has 96 valence electrons. The van der Waals surface area contributed by atoms with Crippen LogP contribution >= 0.6 is 11.3 Å². The highest BCUT2D eigenvalue weighted by molar-refractivity contribution is 7.17. The normalized spacial score (nSPS) is 24.3. The number of benzene rings is 1. The molecular formula is C16H20OS. The highest BCUT2D eigenvalue weighted by atomic mass is 32.1. The van der Waals surface area contributed by atoms with Crippen molar-refractivity contribution in [1.82, 2.24) is 0 Å². The molecule has 18 heavy (non-hydrogen) atoms. The Bertz CT molecular complexity index is 543. The molecule has 1 heterocycles. The third-order valence-electron chi connectivity index (χ3n) is 4.32. The molecule has 0 spiro atoms. The number of hydrogen-bond donors (Lipinski definition) is 0. The van der Waals surface area contributed by atoms with Crippen LogP contribution in [0.3, 0.4) is 0 Å². The summed E-state index contributed by atoms with van der Waals surface area (Å²) in [6.45, 7) is 2.41. The Labute approximate surface area is 113 Å². The first-order valence-corrected chi connectivity index (χ1v) is 7.72. The summed E-state index contributed by atoms with van der Waals surface area (Å²) in [6.07, 6.45) is 5.55. The number of thiophene rings is 1. The van der Waals surface area contributed by atoms with Gasteiger partial charge in [-0.05, 0) is 52.8 Å². The van der Waals surface area contributed by atoms with Crippen molar-refractivity contribution in [2.75, 3.05) is 7.11 Å². The molecule has 0 bridgehead atoms. The van der Waals surface area contributed by atoms with E-state index in [4.69, 9.17) is 4.74 Å². The lowest BCUT2D eigenvalue weighted by Crippen LogP contribution is -2.14. The second-order valence-corrected chi connectivity index (χ2v) is 6.33. The molecule has 0 saturated heterocycles. The molecule has 1 fully saturated rings. The molecule has 2 aromatic rings. The van der Waals surface area contributed by atoms with Gasteiger partial charge in [-0.2, -0.15) is 0 Å². The molecule has 2 unspecified atom stereocenters. The third-order valence-corrected chi connectivity index (χ3v) is 5.29.